The van der Waals surface area contributed by atoms with Crippen LogP contribution in [0.5, 0.6) is 11.5 Å². The molecule has 3 aromatic carbocycles. The number of thioether (sulfide) groups is 1. The molecule has 0 aromatic heterocycles. The van der Waals surface area contributed by atoms with Gasteiger partial charge in [-0.25, -0.2) is 0 Å². The normalized spacial score (nSPS) is 14.7. The second-order valence-electron chi connectivity index (χ2n) is 8.19. The molecule has 0 bridgehead atoms. The quantitative estimate of drug-likeness (QED) is 0.292. The largest absolute Gasteiger partial charge is 0.507 e. The number of carbonyl (C=O) groups is 3. The molecule has 0 saturated carbocycles. The van der Waals surface area contributed by atoms with Crippen LogP contribution in [0.4, 0.5) is 23.7 Å². The predicted molar refractivity (Wildman–Crippen MR) is 142 cm³/mol. The van der Waals surface area contributed by atoms with Crippen LogP contribution in [-0.2, 0) is 17.5 Å². The summed E-state index contributed by atoms with van der Waals surface area (Å²) in [5.74, 6) is -2.06. The Morgan fingerprint density at radius 3 is 2.49 bits per heavy atom. The Balaban J connectivity index is 1.56. The number of ether oxygens (including phenoxy) is 1. The standard InChI is InChI=1S/C26H17Cl2F3N2O5S/c1-38-17-10-15(26(29,30)31)9-16(11-17)32-23(35)18-6-13(3-5-21(18)34)8-22-24(36)33(25(37)39-22)12-14-2-4-19(27)20(28)7-14/h2-11,34H,12H2,1H3,(H,32,35)/b22-8+. The zero-order valence-electron chi connectivity index (χ0n) is 19.8. The van der Waals surface area contributed by atoms with Gasteiger partial charge in [-0.3, -0.25) is 19.3 Å². The second kappa shape index (κ2) is 11.2. The van der Waals surface area contributed by atoms with Gasteiger partial charge in [0, 0.05) is 11.8 Å². The van der Waals surface area contributed by atoms with Crippen molar-refractivity contribution < 1.29 is 37.4 Å². The van der Waals surface area contributed by atoms with Crippen molar-refractivity contribution in [1.29, 1.82) is 0 Å². The molecule has 1 aliphatic rings. The van der Waals surface area contributed by atoms with Crippen LogP contribution < -0.4 is 10.1 Å². The number of hydrogen-bond donors (Lipinski definition) is 2. The number of methoxy groups -OCH3 is 1. The van der Waals surface area contributed by atoms with Gasteiger partial charge in [0.05, 0.1) is 39.7 Å². The Labute approximate surface area is 234 Å². The average molecular weight is 597 g/mol. The van der Waals surface area contributed by atoms with Crippen LogP contribution >= 0.6 is 35.0 Å². The van der Waals surface area contributed by atoms with Gasteiger partial charge in [-0.05, 0) is 65.4 Å². The minimum absolute atomic E-state index is 0.0391. The predicted octanol–water partition coefficient (Wildman–Crippen LogP) is 7.22. The Morgan fingerprint density at radius 2 is 1.82 bits per heavy atom. The number of amides is 3. The molecule has 1 heterocycles. The third-order valence-electron chi connectivity index (χ3n) is 5.49. The van der Waals surface area contributed by atoms with Crippen LogP contribution in [0.15, 0.2) is 59.5 Å². The maximum atomic E-state index is 13.2. The van der Waals surface area contributed by atoms with Gasteiger partial charge < -0.3 is 15.2 Å². The molecule has 39 heavy (non-hydrogen) atoms. The van der Waals surface area contributed by atoms with Crippen molar-refractivity contribution in [3.63, 3.8) is 0 Å². The number of aromatic hydroxyl groups is 1. The van der Waals surface area contributed by atoms with Crippen molar-refractivity contribution in [3.05, 3.63) is 91.8 Å². The van der Waals surface area contributed by atoms with Crippen molar-refractivity contribution in [2.24, 2.45) is 0 Å². The number of imide groups is 1. The molecule has 0 atom stereocenters. The zero-order chi connectivity index (χ0) is 28.5. The highest BCUT2D eigenvalue weighted by Crippen LogP contribution is 2.36. The Bertz CT molecular complexity index is 1530. The van der Waals surface area contributed by atoms with E-state index >= 15 is 0 Å². The smallest absolute Gasteiger partial charge is 0.416 e. The van der Waals surface area contributed by atoms with E-state index in [0.717, 1.165) is 17.0 Å². The maximum Gasteiger partial charge on any atom is 0.416 e. The summed E-state index contributed by atoms with van der Waals surface area (Å²) in [6, 6.07) is 11.3. The van der Waals surface area contributed by atoms with Crippen LogP contribution in [0.1, 0.15) is 27.0 Å². The second-order valence-corrected chi connectivity index (χ2v) is 10.0. The Hall–Kier alpha value is -3.67. The van der Waals surface area contributed by atoms with E-state index in [4.69, 9.17) is 27.9 Å². The van der Waals surface area contributed by atoms with Crippen molar-refractivity contribution in [2.45, 2.75) is 12.7 Å². The highest BCUT2D eigenvalue weighted by molar-refractivity contribution is 8.18. The highest BCUT2D eigenvalue weighted by Gasteiger charge is 2.35. The number of phenolic OH excluding ortho intramolecular Hbond substituents is 1. The molecule has 3 aromatic rings. The van der Waals surface area contributed by atoms with Crippen molar-refractivity contribution in [1.82, 2.24) is 4.90 Å². The average Bonchev–Trinajstić information content (AvgIpc) is 3.13. The van der Waals surface area contributed by atoms with Crippen molar-refractivity contribution in [2.75, 3.05) is 12.4 Å². The number of phenols is 1. The fourth-order valence-electron chi connectivity index (χ4n) is 3.58. The fourth-order valence-corrected chi connectivity index (χ4v) is 4.74. The summed E-state index contributed by atoms with van der Waals surface area (Å²) in [5.41, 5.74) is -0.635. The third-order valence-corrected chi connectivity index (χ3v) is 7.14. The van der Waals surface area contributed by atoms with E-state index in [0.29, 0.717) is 27.9 Å². The molecule has 1 fully saturated rings. The lowest BCUT2D eigenvalue weighted by Gasteiger charge is -2.13. The first-order valence-electron chi connectivity index (χ1n) is 11.0. The van der Waals surface area contributed by atoms with Gasteiger partial charge in [0.1, 0.15) is 11.5 Å². The van der Waals surface area contributed by atoms with Gasteiger partial charge in [0.2, 0.25) is 0 Å². The molecular weight excluding hydrogens is 580 g/mol. The first-order valence-corrected chi connectivity index (χ1v) is 12.5. The number of carbonyl (C=O) groups excluding carboxylic acids is 3. The molecule has 1 saturated heterocycles. The number of hydrogen-bond acceptors (Lipinski definition) is 6. The SMILES string of the molecule is COc1cc(NC(=O)c2cc(/C=C3/SC(=O)N(Cc4ccc(Cl)c(Cl)c4)C3=O)ccc2O)cc(C(F)(F)F)c1. The van der Waals surface area contributed by atoms with Gasteiger partial charge >= 0.3 is 6.18 Å². The zero-order valence-corrected chi connectivity index (χ0v) is 22.1. The summed E-state index contributed by atoms with van der Waals surface area (Å²) < 4.78 is 44.5. The van der Waals surface area contributed by atoms with E-state index in [1.165, 1.54) is 37.5 Å². The maximum absolute atomic E-state index is 13.2. The third kappa shape index (κ3) is 6.49. The number of rotatable bonds is 6. The van der Waals surface area contributed by atoms with Crippen molar-refractivity contribution in [3.8, 4) is 11.5 Å². The molecule has 0 radical (unpaired) electrons. The van der Waals surface area contributed by atoms with Gasteiger partial charge in [-0.1, -0.05) is 35.3 Å². The molecule has 0 spiro atoms. The lowest BCUT2D eigenvalue weighted by atomic mass is 10.1. The molecule has 2 N–H and O–H groups in total. The van der Waals surface area contributed by atoms with Crippen LogP contribution in [0.2, 0.25) is 10.0 Å². The molecule has 3 amide bonds. The molecular formula is C26H17Cl2F3N2O5S. The lowest BCUT2D eigenvalue weighted by Crippen LogP contribution is -2.27. The number of halogens is 5. The summed E-state index contributed by atoms with van der Waals surface area (Å²) in [7, 11) is 1.18. The number of nitrogens with zero attached hydrogens (tertiary/aromatic N) is 1. The molecule has 202 valence electrons. The van der Waals surface area contributed by atoms with E-state index in [-0.39, 0.29) is 33.5 Å². The molecule has 0 unspecified atom stereocenters. The highest BCUT2D eigenvalue weighted by atomic mass is 35.5. The van der Waals surface area contributed by atoms with Crippen LogP contribution in [0.25, 0.3) is 6.08 Å². The summed E-state index contributed by atoms with van der Waals surface area (Å²) in [6.07, 6.45) is -3.32. The Kier molecular flexibility index (Phi) is 8.15. The number of anilines is 1. The summed E-state index contributed by atoms with van der Waals surface area (Å²) in [6.45, 7) is -0.0391. The fraction of sp³-hybridized carbons (Fsp3) is 0.115. The number of alkyl halides is 3. The van der Waals surface area contributed by atoms with Crippen LogP contribution in [0, 0.1) is 0 Å². The molecule has 0 aliphatic carbocycles. The van der Waals surface area contributed by atoms with Gasteiger partial charge in [0.25, 0.3) is 17.1 Å². The van der Waals surface area contributed by atoms with E-state index in [1.54, 1.807) is 18.2 Å². The monoisotopic (exact) mass is 596 g/mol. The Morgan fingerprint density at radius 1 is 1.08 bits per heavy atom. The van der Waals surface area contributed by atoms with Crippen LogP contribution in [0.3, 0.4) is 0 Å². The van der Waals surface area contributed by atoms with E-state index in [2.05, 4.69) is 5.32 Å². The molecule has 4 rings (SSSR count). The lowest BCUT2D eigenvalue weighted by molar-refractivity contribution is -0.137. The molecule has 1 aliphatic heterocycles. The minimum Gasteiger partial charge on any atom is -0.507 e. The minimum atomic E-state index is -4.68. The van der Waals surface area contributed by atoms with Crippen molar-refractivity contribution >= 4 is 63.8 Å². The number of benzene rings is 3. The van der Waals surface area contributed by atoms with Gasteiger partial charge in [0.15, 0.2) is 0 Å². The molecule has 13 heteroatoms. The summed E-state index contributed by atoms with van der Waals surface area (Å²) >= 11 is 12.6. The first-order chi connectivity index (χ1) is 18.3. The van der Waals surface area contributed by atoms with E-state index < -0.39 is 34.5 Å². The molecule has 7 nitrogen and oxygen atoms in total. The van der Waals surface area contributed by atoms with Crippen LogP contribution in [-0.4, -0.2) is 34.2 Å². The number of nitrogens with one attached hydrogen (secondary N) is 1. The summed E-state index contributed by atoms with van der Waals surface area (Å²) in [4.78, 5) is 39.3. The van der Waals surface area contributed by atoms with Gasteiger partial charge in [-0.15, -0.1) is 0 Å². The summed E-state index contributed by atoms with van der Waals surface area (Å²) in [5, 5.41) is 12.6. The van der Waals surface area contributed by atoms with Gasteiger partial charge in [-0.2, -0.15) is 13.2 Å². The first kappa shape index (κ1) is 28.3. The topological polar surface area (TPSA) is 95.9 Å². The van der Waals surface area contributed by atoms with E-state index in [1.807, 2.05) is 0 Å². The van der Waals surface area contributed by atoms with E-state index in [9.17, 15) is 32.7 Å².